The Labute approximate surface area is 191 Å². The van der Waals surface area contributed by atoms with E-state index >= 15 is 0 Å². The van der Waals surface area contributed by atoms with Crippen LogP contribution in [0.2, 0.25) is 4.34 Å². The lowest BCUT2D eigenvalue weighted by Crippen LogP contribution is -2.23. The Hall–Kier alpha value is -2.69. The number of phenolic OH excluding ortho intramolecular Hbond substituents is 1. The molecule has 0 amide bonds. The summed E-state index contributed by atoms with van der Waals surface area (Å²) in [6.07, 6.45) is 2.63. The quantitative estimate of drug-likeness (QED) is 0.409. The van der Waals surface area contributed by atoms with Crippen LogP contribution in [0.25, 0.3) is 5.57 Å². The second kappa shape index (κ2) is 9.21. The van der Waals surface area contributed by atoms with E-state index in [1.54, 1.807) is 12.1 Å². The minimum Gasteiger partial charge on any atom is -0.504 e. The van der Waals surface area contributed by atoms with Gasteiger partial charge in [0.2, 0.25) is 0 Å². The summed E-state index contributed by atoms with van der Waals surface area (Å²) < 4.78 is 14.8. The molecule has 1 aliphatic rings. The molecule has 31 heavy (non-hydrogen) atoms. The van der Waals surface area contributed by atoms with E-state index in [1.807, 2.05) is 37.3 Å². The minimum absolute atomic E-state index is 0.129. The van der Waals surface area contributed by atoms with Crippen LogP contribution in [-0.4, -0.2) is 10.8 Å². The number of allylic oxidation sites excluding steroid dienone is 3. The molecule has 3 aromatic rings. The SMILES string of the molecule is C=C1C(c2ccc(Cl)s2)=C(C)N=C(c2cccc(F)c2O)C1CCCc1ccccc1. The van der Waals surface area contributed by atoms with Gasteiger partial charge in [-0.15, -0.1) is 11.3 Å². The molecular weight excluding hydrogens is 429 g/mol. The van der Waals surface area contributed by atoms with Crippen LogP contribution in [-0.2, 0) is 6.42 Å². The first kappa shape index (κ1) is 21.5. The van der Waals surface area contributed by atoms with Crippen LogP contribution >= 0.6 is 22.9 Å². The highest BCUT2D eigenvalue weighted by atomic mass is 35.5. The number of halogens is 2. The molecule has 0 fully saturated rings. The highest BCUT2D eigenvalue weighted by Gasteiger charge is 2.31. The molecule has 0 radical (unpaired) electrons. The lowest BCUT2D eigenvalue weighted by atomic mass is 9.79. The summed E-state index contributed by atoms with van der Waals surface area (Å²) in [6, 6.07) is 18.8. The van der Waals surface area contributed by atoms with Gasteiger partial charge in [-0.1, -0.05) is 54.6 Å². The molecule has 5 heteroatoms. The van der Waals surface area contributed by atoms with E-state index < -0.39 is 5.82 Å². The Bertz CT molecular complexity index is 1180. The molecule has 0 bridgehead atoms. The van der Waals surface area contributed by atoms with Crippen molar-refractivity contribution in [2.45, 2.75) is 26.2 Å². The van der Waals surface area contributed by atoms with Crippen molar-refractivity contribution in [1.82, 2.24) is 0 Å². The van der Waals surface area contributed by atoms with Crippen molar-refractivity contribution in [2.24, 2.45) is 10.9 Å². The Kier molecular flexibility index (Phi) is 6.40. The Morgan fingerprint density at radius 1 is 1.10 bits per heavy atom. The zero-order valence-electron chi connectivity index (χ0n) is 17.2. The fourth-order valence-corrected chi connectivity index (χ4v) is 5.28. The third-order valence-corrected chi connectivity index (χ3v) is 6.85. The smallest absolute Gasteiger partial charge is 0.165 e. The fourth-order valence-electron chi connectivity index (χ4n) is 4.11. The highest BCUT2D eigenvalue weighted by molar-refractivity contribution is 7.17. The minimum atomic E-state index is -0.647. The number of aryl methyl sites for hydroxylation is 1. The van der Waals surface area contributed by atoms with Crippen LogP contribution in [0.3, 0.4) is 0 Å². The summed E-state index contributed by atoms with van der Waals surface area (Å²) in [5.74, 6) is -1.14. The van der Waals surface area contributed by atoms with Crippen molar-refractivity contribution in [3.05, 3.63) is 105 Å². The maximum Gasteiger partial charge on any atom is 0.165 e. The number of hydrogen-bond acceptors (Lipinski definition) is 3. The number of benzene rings is 2. The summed E-state index contributed by atoms with van der Waals surface area (Å²) in [5, 5.41) is 10.4. The molecular formula is C26H23ClFNOS. The average molecular weight is 452 g/mol. The van der Waals surface area contributed by atoms with Crippen LogP contribution in [0, 0.1) is 11.7 Å². The molecule has 2 nitrogen and oxygen atoms in total. The van der Waals surface area contributed by atoms with Gasteiger partial charge < -0.3 is 5.11 Å². The normalized spacial score (nSPS) is 16.5. The lowest BCUT2D eigenvalue weighted by Gasteiger charge is -2.29. The molecule has 2 aromatic carbocycles. The molecule has 4 rings (SSSR count). The number of aliphatic imine (C=N–C) groups is 1. The van der Waals surface area contributed by atoms with E-state index in [-0.39, 0.29) is 11.7 Å². The Balaban J connectivity index is 1.71. The van der Waals surface area contributed by atoms with Crippen LogP contribution in [0.15, 0.2) is 83.5 Å². The van der Waals surface area contributed by atoms with Crippen LogP contribution in [0.5, 0.6) is 5.75 Å². The van der Waals surface area contributed by atoms with Gasteiger partial charge in [0.1, 0.15) is 0 Å². The first-order valence-corrected chi connectivity index (χ1v) is 11.4. The van der Waals surface area contributed by atoms with Crippen LogP contribution in [0.1, 0.15) is 35.8 Å². The van der Waals surface area contributed by atoms with E-state index in [4.69, 9.17) is 16.6 Å². The van der Waals surface area contributed by atoms with Crippen molar-refractivity contribution >= 4 is 34.2 Å². The Morgan fingerprint density at radius 3 is 2.58 bits per heavy atom. The Morgan fingerprint density at radius 2 is 1.87 bits per heavy atom. The summed E-state index contributed by atoms with van der Waals surface area (Å²) >= 11 is 7.68. The average Bonchev–Trinajstić information content (AvgIpc) is 3.18. The summed E-state index contributed by atoms with van der Waals surface area (Å²) in [5.41, 5.74) is 5.07. The standard InChI is InChI=1S/C26H23ClFNOS/c1-16-19(11-6-10-18-8-4-3-5-9-18)25(20-12-7-13-21(28)26(20)30)29-17(2)24(16)22-14-15-23(27)31-22/h3-5,7-9,12-15,19,30H,1,6,10-11H2,2H3. The molecule has 1 N–H and O–H groups in total. The predicted molar refractivity (Wildman–Crippen MR) is 129 cm³/mol. The fraction of sp³-hybridized carbons (Fsp3) is 0.192. The third kappa shape index (κ3) is 4.51. The molecule has 1 aromatic heterocycles. The van der Waals surface area contributed by atoms with Crippen molar-refractivity contribution in [3.8, 4) is 5.75 Å². The third-order valence-electron chi connectivity index (χ3n) is 5.61. The molecule has 1 aliphatic heterocycles. The molecule has 0 spiro atoms. The van der Waals surface area contributed by atoms with E-state index in [2.05, 4.69) is 18.7 Å². The van der Waals surface area contributed by atoms with E-state index in [0.717, 1.165) is 41.0 Å². The number of nitrogens with zero attached hydrogens (tertiary/aromatic N) is 1. The number of phenols is 1. The van der Waals surface area contributed by atoms with Crippen LogP contribution < -0.4 is 0 Å². The summed E-state index contributed by atoms with van der Waals surface area (Å²) in [4.78, 5) is 5.87. The second-order valence-corrected chi connectivity index (χ2v) is 9.37. The van der Waals surface area contributed by atoms with Gasteiger partial charge >= 0.3 is 0 Å². The lowest BCUT2D eigenvalue weighted by molar-refractivity contribution is 0.430. The van der Waals surface area contributed by atoms with E-state index in [0.29, 0.717) is 15.6 Å². The molecule has 0 aliphatic carbocycles. The maximum atomic E-state index is 14.1. The molecule has 2 heterocycles. The zero-order valence-corrected chi connectivity index (χ0v) is 18.8. The molecule has 0 saturated carbocycles. The monoisotopic (exact) mass is 451 g/mol. The molecule has 0 saturated heterocycles. The molecule has 1 atom stereocenters. The van der Waals surface area contributed by atoms with Gasteiger partial charge in [0, 0.05) is 27.6 Å². The van der Waals surface area contributed by atoms with E-state index in [1.165, 1.54) is 23.0 Å². The number of hydrogen-bond donors (Lipinski definition) is 1. The number of para-hydroxylation sites is 1. The summed E-state index contributed by atoms with van der Waals surface area (Å²) in [6.45, 7) is 6.34. The van der Waals surface area contributed by atoms with Gasteiger partial charge in [0.25, 0.3) is 0 Å². The van der Waals surface area contributed by atoms with Crippen molar-refractivity contribution < 1.29 is 9.50 Å². The predicted octanol–water partition coefficient (Wildman–Crippen LogP) is 7.68. The van der Waals surface area contributed by atoms with Gasteiger partial charge in [-0.05, 0) is 61.6 Å². The van der Waals surface area contributed by atoms with Gasteiger partial charge in [-0.25, -0.2) is 4.39 Å². The van der Waals surface area contributed by atoms with Gasteiger partial charge in [-0.3, -0.25) is 4.99 Å². The van der Waals surface area contributed by atoms with Crippen molar-refractivity contribution in [1.29, 1.82) is 0 Å². The van der Waals surface area contributed by atoms with Crippen molar-refractivity contribution in [2.75, 3.05) is 0 Å². The molecule has 158 valence electrons. The topological polar surface area (TPSA) is 32.6 Å². The number of thiophene rings is 1. The second-order valence-electron chi connectivity index (χ2n) is 7.65. The highest BCUT2D eigenvalue weighted by Crippen LogP contribution is 2.43. The first-order valence-electron chi connectivity index (χ1n) is 10.2. The number of aromatic hydroxyl groups is 1. The van der Waals surface area contributed by atoms with Gasteiger partial charge in [0.15, 0.2) is 11.6 Å². The first-order chi connectivity index (χ1) is 15.0. The van der Waals surface area contributed by atoms with Gasteiger partial charge in [0.05, 0.1) is 10.0 Å². The molecule has 1 unspecified atom stereocenters. The van der Waals surface area contributed by atoms with Crippen molar-refractivity contribution in [3.63, 3.8) is 0 Å². The van der Waals surface area contributed by atoms with Crippen LogP contribution in [0.4, 0.5) is 4.39 Å². The zero-order chi connectivity index (χ0) is 22.0. The van der Waals surface area contributed by atoms with E-state index in [9.17, 15) is 9.50 Å². The maximum absolute atomic E-state index is 14.1. The number of rotatable bonds is 6. The summed E-state index contributed by atoms with van der Waals surface area (Å²) in [7, 11) is 0. The largest absolute Gasteiger partial charge is 0.504 e. The van der Waals surface area contributed by atoms with Gasteiger partial charge in [-0.2, -0.15) is 0 Å².